The minimum Gasteiger partial charge on any atom is -0.387 e. The minimum atomic E-state index is 0.204. The van der Waals surface area contributed by atoms with Crippen molar-refractivity contribution in [3.63, 3.8) is 0 Å². The van der Waals surface area contributed by atoms with E-state index in [-0.39, 0.29) is 5.78 Å². The number of nitrogens with zero attached hydrogens (tertiary/aromatic N) is 1. The van der Waals surface area contributed by atoms with Gasteiger partial charge in [0.2, 0.25) is 0 Å². The van der Waals surface area contributed by atoms with Gasteiger partial charge in [0.05, 0.1) is 6.54 Å². The lowest BCUT2D eigenvalue weighted by atomic mass is 9.94. The predicted molar refractivity (Wildman–Crippen MR) is 62.2 cm³/mol. The van der Waals surface area contributed by atoms with Gasteiger partial charge in [-0.15, -0.1) is 0 Å². The van der Waals surface area contributed by atoms with Crippen molar-refractivity contribution in [1.29, 1.82) is 0 Å². The van der Waals surface area contributed by atoms with Gasteiger partial charge in [0, 0.05) is 29.6 Å². The topological polar surface area (TPSA) is 32.3 Å². The molecule has 3 heterocycles. The lowest BCUT2D eigenvalue weighted by Crippen LogP contribution is -2.36. The number of dihydropyridines is 1. The summed E-state index contributed by atoms with van der Waals surface area (Å²) in [6.45, 7) is 1.08. The number of carbonyl (C=O) groups excluding carboxylic acids is 1. The van der Waals surface area contributed by atoms with Crippen molar-refractivity contribution in [1.82, 2.24) is 10.2 Å². The molecule has 0 unspecified atom stereocenters. The van der Waals surface area contributed by atoms with Crippen LogP contribution in [0.4, 0.5) is 0 Å². The molecule has 80 valence electrons. The largest absolute Gasteiger partial charge is 0.387 e. The number of rotatable bonds is 0. The summed E-state index contributed by atoms with van der Waals surface area (Å²) < 4.78 is 0. The maximum absolute atomic E-state index is 11.9. The Hall–Kier alpha value is -2.03. The van der Waals surface area contributed by atoms with Gasteiger partial charge in [0.25, 0.3) is 0 Å². The van der Waals surface area contributed by atoms with Gasteiger partial charge in [-0.3, -0.25) is 4.79 Å². The van der Waals surface area contributed by atoms with Gasteiger partial charge in [-0.25, -0.2) is 0 Å². The average molecular weight is 212 g/mol. The molecule has 1 N–H and O–H groups in total. The third-order valence-electron chi connectivity index (χ3n) is 2.95. The number of ketones is 1. The second-order valence-electron chi connectivity index (χ2n) is 3.94. The van der Waals surface area contributed by atoms with E-state index in [1.807, 2.05) is 41.6 Å². The van der Waals surface area contributed by atoms with Crippen LogP contribution in [0.2, 0.25) is 0 Å². The average Bonchev–Trinajstić information content (AvgIpc) is 2.55. The predicted octanol–water partition coefficient (Wildman–Crippen LogP) is 1.25. The van der Waals surface area contributed by atoms with E-state index in [4.69, 9.17) is 0 Å². The van der Waals surface area contributed by atoms with E-state index < -0.39 is 0 Å². The summed E-state index contributed by atoms with van der Waals surface area (Å²) in [6.07, 6.45) is 13.8. The molecule has 16 heavy (non-hydrogen) atoms. The first kappa shape index (κ1) is 9.21. The van der Waals surface area contributed by atoms with Gasteiger partial charge in [-0.1, -0.05) is 12.2 Å². The lowest BCUT2D eigenvalue weighted by molar-refractivity contribution is -0.116. The van der Waals surface area contributed by atoms with Crippen LogP contribution < -0.4 is 5.32 Å². The van der Waals surface area contributed by atoms with E-state index in [0.717, 1.165) is 16.8 Å². The molecule has 0 atom stereocenters. The van der Waals surface area contributed by atoms with Gasteiger partial charge in [0.15, 0.2) is 5.78 Å². The van der Waals surface area contributed by atoms with Gasteiger partial charge in [-0.05, 0) is 24.4 Å². The zero-order valence-corrected chi connectivity index (χ0v) is 8.81. The number of nitrogens with one attached hydrogen (secondary N) is 1. The molecular formula is C13H12N2O. The summed E-state index contributed by atoms with van der Waals surface area (Å²) in [5.41, 5.74) is 3.05. The van der Waals surface area contributed by atoms with Crippen molar-refractivity contribution in [3.05, 3.63) is 59.6 Å². The van der Waals surface area contributed by atoms with Crippen molar-refractivity contribution >= 4 is 5.78 Å². The molecule has 0 amide bonds. The molecule has 0 saturated heterocycles. The fourth-order valence-electron chi connectivity index (χ4n) is 2.16. The second-order valence-corrected chi connectivity index (χ2v) is 3.94. The molecule has 0 spiro atoms. The Morgan fingerprint density at radius 3 is 3.12 bits per heavy atom. The standard InChI is InChI=1S/C13H12N2O/c16-13-9-15-7-3-1-2-4-12(15)10-5-6-14-8-11(10)13/h1-7,14H,8-9H2. The number of Topliss-reactive ketones (excluding diaryl/α,β-unsaturated/α-hetero) is 1. The molecule has 0 radical (unpaired) electrons. The first-order chi connectivity index (χ1) is 7.86. The van der Waals surface area contributed by atoms with Crippen LogP contribution in [-0.4, -0.2) is 23.8 Å². The molecule has 3 rings (SSSR count). The van der Waals surface area contributed by atoms with Crippen molar-refractivity contribution in [2.45, 2.75) is 0 Å². The van der Waals surface area contributed by atoms with Crippen molar-refractivity contribution in [2.24, 2.45) is 0 Å². The molecule has 0 aliphatic carbocycles. The van der Waals surface area contributed by atoms with Gasteiger partial charge < -0.3 is 10.2 Å². The SMILES string of the molecule is O=C1CN2C=CC=CC=C2C2=C1CNC=C2. The van der Waals surface area contributed by atoms with E-state index in [0.29, 0.717) is 13.1 Å². The number of hydrogen-bond acceptors (Lipinski definition) is 3. The number of fused-ring (bicyclic) bond motifs is 2. The molecule has 3 nitrogen and oxygen atoms in total. The summed E-state index contributed by atoms with van der Waals surface area (Å²) in [7, 11) is 0. The monoisotopic (exact) mass is 212 g/mol. The third-order valence-corrected chi connectivity index (χ3v) is 2.95. The first-order valence-electron chi connectivity index (χ1n) is 5.35. The number of hydrogen-bond donors (Lipinski definition) is 1. The van der Waals surface area contributed by atoms with Crippen LogP contribution in [0.5, 0.6) is 0 Å². The van der Waals surface area contributed by atoms with Crippen LogP contribution >= 0.6 is 0 Å². The molecular weight excluding hydrogens is 200 g/mol. The highest BCUT2D eigenvalue weighted by atomic mass is 16.1. The molecule has 0 aromatic carbocycles. The summed E-state index contributed by atoms with van der Waals surface area (Å²) in [5, 5.41) is 3.08. The second kappa shape index (κ2) is 3.52. The minimum absolute atomic E-state index is 0.204. The summed E-state index contributed by atoms with van der Waals surface area (Å²) >= 11 is 0. The van der Waals surface area contributed by atoms with E-state index in [1.54, 1.807) is 0 Å². The highest BCUT2D eigenvalue weighted by Crippen LogP contribution is 2.28. The Balaban J connectivity index is 2.14. The fraction of sp³-hybridized carbons (Fsp3) is 0.154. The van der Waals surface area contributed by atoms with Gasteiger partial charge in [0.1, 0.15) is 0 Å². The maximum atomic E-state index is 11.9. The zero-order chi connectivity index (χ0) is 11.0. The van der Waals surface area contributed by atoms with E-state index in [9.17, 15) is 4.79 Å². The van der Waals surface area contributed by atoms with E-state index in [1.165, 1.54) is 0 Å². The molecule has 0 saturated carbocycles. The van der Waals surface area contributed by atoms with Crippen molar-refractivity contribution < 1.29 is 4.79 Å². The van der Waals surface area contributed by atoms with Crippen molar-refractivity contribution in [3.8, 4) is 0 Å². The normalized spacial score (nSPS) is 22.4. The van der Waals surface area contributed by atoms with Crippen LogP contribution in [0.15, 0.2) is 59.6 Å². The molecule has 3 heteroatoms. The molecule has 0 bridgehead atoms. The van der Waals surface area contributed by atoms with Crippen molar-refractivity contribution in [2.75, 3.05) is 13.1 Å². The quantitative estimate of drug-likeness (QED) is 0.656. The zero-order valence-electron chi connectivity index (χ0n) is 8.81. The summed E-state index contributed by atoms with van der Waals surface area (Å²) in [5.74, 6) is 0.204. The van der Waals surface area contributed by atoms with Crippen LogP contribution in [0.3, 0.4) is 0 Å². The maximum Gasteiger partial charge on any atom is 0.180 e. The smallest absolute Gasteiger partial charge is 0.180 e. The third kappa shape index (κ3) is 1.33. The Kier molecular flexibility index (Phi) is 2.03. The lowest BCUT2D eigenvalue weighted by Gasteiger charge is -2.31. The highest BCUT2D eigenvalue weighted by molar-refractivity contribution is 6.01. The molecule has 3 aliphatic heterocycles. The molecule has 0 fully saturated rings. The fourth-order valence-corrected chi connectivity index (χ4v) is 2.16. The first-order valence-corrected chi connectivity index (χ1v) is 5.35. The summed E-state index contributed by atoms with van der Waals surface area (Å²) in [4.78, 5) is 13.9. The highest BCUT2D eigenvalue weighted by Gasteiger charge is 2.27. The molecule has 3 aliphatic rings. The van der Waals surface area contributed by atoms with Crippen LogP contribution in [0.1, 0.15) is 0 Å². The molecule has 0 aromatic rings. The Labute approximate surface area is 94.1 Å². The van der Waals surface area contributed by atoms with Crippen LogP contribution in [0.25, 0.3) is 0 Å². The van der Waals surface area contributed by atoms with Crippen LogP contribution in [-0.2, 0) is 4.79 Å². The number of allylic oxidation sites excluding steroid dienone is 5. The van der Waals surface area contributed by atoms with E-state index in [2.05, 4.69) is 11.4 Å². The molecule has 0 aromatic heterocycles. The summed E-state index contributed by atoms with van der Waals surface area (Å²) in [6, 6.07) is 0. The van der Waals surface area contributed by atoms with Crippen LogP contribution in [0, 0.1) is 0 Å². The Morgan fingerprint density at radius 1 is 1.25 bits per heavy atom. The Bertz CT molecular complexity index is 492. The Morgan fingerprint density at radius 2 is 2.19 bits per heavy atom. The van der Waals surface area contributed by atoms with Gasteiger partial charge in [-0.2, -0.15) is 0 Å². The number of carbonyl (C=O) groups is 1. The van der Waals surface area contributed by atoms with Gasteiger partial charge >= 0.3 is 0 Å². The van der Waals surface area contributed by atoms with E-state index >= 15 is 0 Å².